The molecule has 0 aliphatic rings. The van der Waals surface area contributed by atoms with Crippen LogP contribution in [0.5, 0.6) is 0 Å². The van der Waals surface area contributed by atoms with Gasteiger partial charge in [0.15, 0.2) is 17.5 Å². The summed E-state index contributed by atoms with van der Waals surface area (Å²) in [5.74, 6) is 1.90. The number of rotatable bonds is 5. The molecule has 12 aromatic rings. The molecular weight excluding hydrogens is 683 g/mol. The minimum atomic E-state index is 0.630. The Hall–Kier alpha value is -7.63. The lowest BCUT2D eigenvalue weighted by atomic mass is 10.0. The largest absolute Gasteiger partial charge is 0.309 e. The van der Waals surface area contributed by atoms with Gasteiger partial charge in [0, 0.05) is 49.3 Å². The van der Waals surface area contributed by atoms with Crippen LogP contribution in [-0.4, -0.2) is 23.9 Å². The van der Waals surface area contributed by atoms with E-state index in [0.717, 1.165) is 44.4 Å². The summed E-state index contributed by atoms with van der Waals surface area (Å²) in [5.41, 5.74) is 12.1. The number of aromatic nitrogens is 5. The Bertz CT molecular complexity index is 3460. The van der Waals surface area contributed by atoms with Crippen LogP contribution < -0.4 is 0 Å². The van der Waals surface area contributed by atoms with E-state index in [1.807, 2.05) is 24.3 Å². The van der Waals surface area contributed by atoms with Gasteiger partial charge in [0.05, 0.1) is 27.6 Å². The molecule has 0 fully saturated rings. The molecule has 0 spiro atoms. The monoisotopic (exact) mass is 713 g/mol. The number of fused-ring (bicyclic) bond motifs is 6. The summed E-state index contributed by atoms with van der Waals surface area (Å²) in [6.45, 7) is 0. The third kappa shape index (κ3) is 4.52. The van der Waals surface area contributed by atoms with E-state index in [-0.39, 0.29) is 0 Å². The highest BCUT2D eigenvalue weighted by molar-refractivity contribution is 6.33. The van der Waals surface area contributed by atoms with E-state index in [2.05, 4.69) is 173 Å². The third-order valence-corrected chi connectivity index (χ3v) is 11.3. The van der Waals surface area contributed by atoms with Gasteiger partial charge in [-0.25, -0.2) is 15.0 Å². The molecule has 56 heavy (non-hydrogen) atoms. The van der Waals surface area contributed by atoms with Crippen molar-refractivity contribution in [3.8, 4) is 51.0 Å². The highest BCUT2D eigenvalue weighted by Crippen LogP contribution is 2.45. The number of para-hydroxylation sites is 2. The van der Waals surface area contributed by atoms with Crippen LogP contribution in [0.3, 0.4) is 0 Å². The molecule has 5 heteroatoms. The quantitative estimate of drug-likeness (QED) is 0.178. The van der Waals surface area contributed by atoms with Gasteiger partial charge in [-0.15, -0.1) is 0 Å². The van der Waals surface area contributed by atoms with E-state index in [0.29, 0.717) is 17.5 Å². The zero-order valence-electron chi connectivity index (χ0n) is 30.1. The zero-order valence-corrected chi connectivity index (χ0v) is 30.1. The second-order valence-corrected chi connectivity index (χ2v) is 14.4. The maximum Gasteiger partial charge on any atom is 0.164 e. The van der Waals surface area contributed by atoms with Gasteiger partial charge in [-0.1, -0.05) is 133 Å². The Kier molecular flexibility index (Phi) is 6.56. The molecule has 12 rings (SSSR count). The van der Waals surface area contributed by atoms with E-state index < -0.39 is 0 Å². The molecule has 260 valence electrons. The first-order valence-corrected chi connectivity index (χ1v) is 19.0. The lowest BCUT2D eigenvalue weighted by molar-refractivity contribution is 1.07. The van der Waals surface area contributed by atoms with Gasteiger partial charge in [0.2, 0.25) is 0 Å². The van der Waals surface area contributed by atoms with Gasteiger partial charge in [0.1, 0.15) is 0 Å². The molecule has 0 N–H and O–H groups in total. The van der Waals surface area contributed by atoms with Crippen LogP contribution in [0.25, 0.3) is 111 Å². The first-order chi connectivity index (χ1) is 27.8. The molecule has 0 aliphatic carbocycles. The fraction of sp³-hybridized carbons (Fsp3) is 0. The van der Waals surface area contributed by atoms with Crippen molar-refractivity contribution in [2.24, 2.45) is 0 Å². The van der Waals surface area contributed by atoms with Gasteiger partial charge in [0.25, 0.3) is 0 Å². The molecule has 0 radical (unpaired) electrons. The van der Waals surface area contributed by atoms with Crippen LogP contribution in [-0.2, 0) is 0 Å². The molecule has 0 unspecified atom stereocenters. The molecule has 0 atom stereocenters. The van der Waals surface area contributed by atoms with Crippen LogP contribution in [0.4, 0.5) is 0 Å². The third-order valence-electron chi connectivity index (χ3n) is 11.3. The van der Waals surface area contributed by atoms with E-state index in [1.165, 1.54) is 49.0 Å². The van der Waals surface area contributed by atoms with Crippen molar-refractivity contribution < 1.29 is 0 Å². The molecule has 4 heterocycles. The Morgan fingerprint density at radius 2 is 0.839 bits per heavy atom. The van der Waals surface area contributed by atoms with E-state index >= 15 is 0 Å². The van der Waals surface area contributed by atoms with Crippen LogP contribution in [0.2, 0.25) is 0 Å². The maximum absolute atomic E-state index is 5.22. The molecular formula is C51H31N5. The number of hydrogen-bond acceptors (Lipinski definition) is 3. The van der Waals surface area contributed by atoms with Crippen molar-refractivity contribution in [2.75, 3.05) is 0 Å². The number of nitrogens with zero attached hydrogens (tertiary/aromatic N) is 5. The zero-order chi connectivity index (χ0) is 36.7. The highest BCUT2D eigenvalue weighted by Gasteiger charge is 2.23. The van der Waals surface area contributed by atoms with Crippen molar-refractivity contribution in [1.82, 2.24) is 23.9 Å². The predicted octanol–water partition coefficient (Wildman–Crippen LogP) is 12.8. The van der Waals surface area contributed by atoms with Gasteiger partial charge in [-0.05, 0) is 71.1 Å². The summed E-state index contributed by atoms with van der Waals surface area (Å²) in [6.07, 6.45) is 0. The van der Waals surface area contributed by atoms with Crippen molar-refractivity contribution in [1.29, 1.82) is 0 Å². The Morgan fingerprint density at radius 3 is 1.62 bits per heavy atom. The lowest BCUT2D eigenvalue weighted by Gasteiger charge is -2.11. The van der Waals surface area contributed by atoms with Gasteiger partial charge in [-0.3, -0.25) is 0 Å². The molecule has 0 saturated carbocycles. The number of benzene rings is 8. The normalized spacial score (nSPS) is 11.9. The average molecular weight is 714 g/mol. The number of hydrogen-bond donors (Lipinski definition) is 0. The molecule has 0 bridgehead atoms. The highest BCUT2D eigenvalue weighted by atomic mass is 15.0. The predicted molar refractivity (Wildman–Crippen MR) is 231 cm³/mol. The fourth-order valence-corrected chi connectivity index (χ4v) is 8.83. The Morgan fingerprint density at radius 1 is 0.304 bits per heavy atom. The van der Waals surface area contributed by atoms with Crippen molar-refractivity contribution in [3.63, 3.8) is 0 Å². The van der Waals surface area contributed by atoms with E-state index in [4.69, 9.17) is 15.0 Å². The molecule has 0 aliphatic heterocycles. The van der Waals surface area contributed by atoms with Gasteiger partial charge in [-0.2, -0.15) is 0 Å². The molecule has 5 nitrogen and oxygen atoms in total. The second kappa shape index (κ2) is 11.9. The summed E-state index contributed by atoms with van der Waals surface area (Å²) >= 11 is 0. The second-order valence-electron chi connectivity index (χ2n) is 14.4. The summed E-state index contributed by atoms with van der Waals surface area (Å²) in [7, 11) is 0. The minimum absolute atomic E-state index is 0.630. The molecule has 0 saturated heterocycles. The fourth-order valence-electron chi connectivity index (χ4n) is 8.83. The van der Waals surface area contributed by atoms with Crippen LogP contribution >= 0.6 is 0 Å². The summed E-state index contributed by atoms with van der Waals surface area (Å²) in [5, 5.41) is 7.32. The van der Waals surface area contributed by atoms with Gasteiger partial charge >= 0.3 is 0 Å². The van der Waals surface area contributed by atoms with Crippen molar-refractivity contribution >= 4 is 59.9 Å². The molecule has 4 aromatic heterocycles. The summed E-state index contributed by atoms with van der Waals surface area (Å²) < 4.78 is 4.89. The average Bonchev–Trinajstić information content (AvgIpc) is 3.76. The Labute approximate surface area is 321 Å². The topological polar surface area (TPSA) is 48.0 Å². The lowest BCUT2D eigenvalue weighted by Crippen LogP contribution is -2.00. The van der Waals surface area contributed by atoms with Crippen molar-refractivity contribution in [2.45, 2.75) is 0 Å². The first kappa shape index (κ1) is 30.8. The van der Waals surface area contributed by atoms with Crippen LogP contribution in [0.1, 0.15) is 0 Å². The standard InChI is InChI=1S/C51H31N5/c1-4-14-32(15-5-1)34-18-12-19-35(30-34)50-52-49(33-16-6-2-7-17-33)53-51(54-50)36-26-28-43-41(31-36)39-23-13-25-44-46(39)47-45(55(44)37-20-8-3-9-21-37)29-27-40-38-22-10-11-24-42(38)56(43)48(40)47/h1-31H. The van der Waals surface area contributed by atoms with Crippen LogP contribution in [0, 0.1) is 0 Å². The summed E-state index contributed by atoms with van der Waals surface area (Å²) in [6, 6.07) is 66.6. The van der Waals surface area contributed by atoms with Gasteiger partial charge < -0.3 is 8.97 Å². The maximum atomic E-state index is 5.22. The van der Waals surface area contributed by atoms with Crippen LogP contribution in [0.15, 0.2) is 188 Å². The first-order valence-electron chi connectivity index (χ1n) is 19.0. The Balaban J connectivity index is 1.17. The van der Waals surface area contributed by atoms with E-state index in [1.54, 1.807) is 0 Å². The van der Waals surface area contributed by atoms with Crippen molar-refractivity contribution in [3.05, 3.63) is 188 Å². The van der Waals surface area contributed by atoms with E-state index in [9.17, 15) is 0 Å². The molecule has 0 amide bonds. The molecule has 8 aromatic carbocycles. The SMILES string of the molecule is c1ccc(-c2cccc(-c3nc(-c4ccccc4)nc(-c4ccc5c(c4)c4cccc6c4c4c(ccc7c8ccccc8n5c74)n6-c4ccccc4)n3)c2)cc1. The smallest absolute Gasteiger partial charge is 0.164 e. The summed E-state index contributed by atoms with van der Waals surface area (Å²) in [4.78, 5) is 15.5. The minimum Gasteiger partial charge on any atom is -0.309 e.